The van der Waals surface area contributed by atoms with E-state index in [2.05, 4.69) is 22.8 Å². The van der Waals surface area contributed by atoms with Crippen LogP contribution in [0.1, 0.15) is 40.6 Å². The molecular formula is C18H21N3O3. The normalized spacial score (nSPS) is 19.6. The number of hydrogen-bond donors (Lipinski definition) is 0. The molecule has 1 amide bonds. The third kappa shape index (κ3) is 2.62. The molecule has 6 heteroatoms. The van der Waals surface area contributed by atoms with Gasteiger partial charge in [0.25, 0.3) is 5.91 Å². The Balaban J connectivity index is 1.53. The first kappa shape index (κ1) is 15.1. The topological polar surface area (TPSA) is 56.6 Å². The Labute approximate surface area is 141 Å². The van der Waals surface area contributed by atoms with Gasteiger partial charge < -0.3 is 14.4 Å². The molecule has 2 aliphatic heterocycles. The van der Waals surface area contributed by atoms with Crippen LogP contribution in [0.4, 0.5) is 0 Å². The van der Waals surface area contributed by atoms with Crippen LogP contribution in [0.3, 0.4) is 0 Å². The van der Waals surface area contributed by atoms with Crippen LogP contribution in [0.25, 0.3) is 0 Å². The lowest BCUT2D eigenvalue weighted by Crippen LogP contribution is -2.41. The van der Waals surface area contributed by atoms with E-state index in [4.69, 9.17) is 9.47 Å². The molecule has 1 aromatic carbocycles. The van der Waals surface area contributed by atoms with E-state index in [0.29, 0.717) is 23.6 Å². The van der Waals surface area contributed by atoms with E-state index in [9.17, 15) is 4.79 Å². The number of fused-ring (bicyclic) bond motifs is 1. The summed E-state index contributed by atoms with van der Waals surface area (Å²) in [7, 11) is 0. The number of carbonyl (C=O) groups excluding carboxylic acids is 1. The third-order valence-electron chi connectivity index (χ3n) is 4.69. The lowest BCUT2D eigenvalue weighted by atomic mass is 10.0. The van der Waals surface area contributed by atoms with Gasteiger partial charge in [-0.25, -0.2) is 0 Å². The molecule has 3 heterocycles. The van der Waals surface area contributed by atoms with Crippen LogP contribution < -0.4 is 9.47 Å². The summed E-state index contributed by atoms with van der Waals surface area (Å²) in [5.41, 5.74) is 2.81. The van der Waals surface area contributed by atoms with Gasteiger partial charge in [-0.1, -0.05) is 0 Å². The molecule has 1 fully saturated rings. The lowest BCUT2D eigenvalue weighted by Gasteiger charge is -2.33. The Bertz CT molecular complexity index is 784. The molecule has 1 atom stereocenters. The summed E-state index contributed by atoms with van der Waals surface area (Å²) in [6.45, 7) is 5.76. The standard InChI is InChI=1S/C18H21N3O3/c1-12-8-13(2)21(19-12)15-4-3-7-20(10-15)18(22)14-5-6-16-17(9-14)24-11-23-16/h5-6,8-9,15H,3-4,7,10-11H2,1-2H3. The number of aryl methyl sites for hydroxylation is 2. The number of benzene rings is 1. The molecular weight excluding hydrogens is 306 g/mol. The second-order valence-corrected chi connectivity index (χ2v) is 6.49. The number of aromatic nitrogens is 2. The zero-order valence-corrected chi connectivity index (χ0v) is 14.0. The quantitative estimate of drug-likeness (QED) is 0.851. The Morgan fingerprint density at radius 2 is 2.04 bits per heavy atom. The Kier molecular flexibility index (Phi) is 3.67. The van der Waals surface area contributed by atoms with Gasteiger partial charge in [-0.05, 0) is 51.0 Å². The van der Waals surface area contributed by atoms with Gasteiger partial charge in [0, 0.05) is 24.3 Å². The van der Waals surface area contributed by atoms with Gasteiger partial charge in [-0.3, -0.25) is 9.48 Å². The van der Waals surface area contributed by atoms with Crippen molar-refractivity contribution in [1.82, 2.24) is 14.7 Å². The van der Waals surface area contributed by atoms with Crippen molar-refractivity contribution in [3.63, 3.8) is 0 Å². The molecule has 126 valence electrons. The maximum atomic E-state index is 12.9. The van der Waals surface area contributed by atoms with Crippen LogP contribution in [0, 0.1) is 13.8 Å². The molecule has 2 aliphatic rings. The summed E-state index contributed by atoms with van der Waals surface area (Å²) in [5, 5.41) is 4.59. The van der Waals surface area contributed by atoms with Crippen LogP contribution >= 0.6 is 0 Å². The minimum atomic E-state index is 0.0412. The van der Waals surface area contributed by atoms with Crippen molar-refractivity contribution in [2.45, 2.75) is 32.7 Å². The fourth-order valence-electron chi connectivity index (χ4n) is 3.57. The molecule has 1 saturated heterocycles. The van der Waals surface area contributed by atoms with Crippen molar-refractivity contribution >= 4 is 5.91 Å². The zero-order chi connectivity index (χ0) is 16.7. The molecule has 1 aromatic heterocycles. The van der Waals surface area contributed by atoms with Gasteiger partial charge in [-0.15, -0.1) is 0 Å². The Morgan fingerprint density at radius 3 is 2.83 bits per heavy atom. The number of likely N-dealkylation sites (tertiary alicyclic amines) is 1. The number of amides is 1. The van der Waals surface area contributed by atoms with Crippen molar-refractivity contribution in [3.8, 4) is 11.5 Å². The highest BCUT2D eigenvalue weighted by molar-refractivity contribution is 5.95. The molecule has 24 heavy (non-hydrogen) atoms. The second-order valence-electron chi connectivity index (χ2n) is 6.49. The fraction of sp³-hybridized carbons (Fsp3) is 0.444. The summed E-state index contributed by atoms with van der Waals surface area (Å²) in [4.78, 5) is 14.8. The highest BCUT2D eigenvalue weighted by atomic mass is 16.7. The Morgan fingerprint density at radius 1 is 1.21 bits per heavy atom. The monoisotopic (exact) mass is 327 g/mol. The first-order valence-corrected chi connectivity index (χ1v) is 8.33. The molecule has 0 aliphatic carbocycles. The zero-order valence-electron chi connectivity index (χ0n) is 14.0. The van der Waals surface area contributed by atoms with E-state index < -0.39 is 0 Å². The molecule has 6 nitrogen and oxygen atoms in total. The van der Waals surface area contributed by atoms with Gasteiger partial charge in [0.1, 0.15) is 0 Å². The van der Waals surface area contributed by atoms with Crippen molar-refractivity contribution < 1.29 is 14.3 Å². The van der Waals surface area contributed by atoms with Gasteiger partial charge in [0.15, 0.2) is 11.5 Å². The van der Waals surface area contributed by atoms with Crippen LogP contribution in [-0.2, 0) is 0 Å². The SMILES string of the molecule is Cc1cc(C)n(C2CCCN(C(=O)c3ccc4c(c3)OCO4)C2)n1. The fourth-order valence-corrected chi connectivity index (χ4v) is 3.57. The van der Waals surface area contributed by atoms with E-state index in [1.54, 1.807) is 12.1 Å². The van der Waals surface area contributed by atoms with Gasteiger partial charge in [0.2, 0.25) is 6.79 Å². The molecule has 0 saturated carbocycles. The third-order valence-corrected chi connectivity index (χ3v) is 4.69. The van der Waals surface area contributed by atoms with Gasteiger partial charge in [-0.2, -0.15) is 5.10 Å². The van der Waals surface area contributed by atoms with Crippen molar-refractivity contribution in [2.75, 3.05) is 19.9 Å². The molecule has 1 unspecified atom stereocenters. The average Bonchev–Trinajstić information content (AvgIpc) is 3.19. The molecule has 2 aromatic rings. The molecule has 0 bridgehead atoms. The first-order valence-electron chi connectivity index (χ1n) is 8.33. The van der Waals surface area contributed by atoms with Crippen molar-refractivity contribution in [1.29, 1.82) is 0 Å². The number of carbonyl (C=O) groups is 1. The minimum Gasteiger partial charge on any atom is -0.454 e. The van der Waals surface area contributed by atoms with Crippen LogP contribution in [0.15, 0.2) is 24.3 Å². The van der Waals surface area contributed by atoms with Crippen LogP contribution in [0.2, 0.25) is 0 Å². The predicted molar refractivity (Wildman–Crippen MR) is 88.4 cm³/mol. The molecule has 0 spiro atoms. The van der Waals surface area contributed by atoms with Crippen LogP contribution in [-0.4, -0.2) is 40.5 Å². The number of piperidine rings is 1. The summed E-state index contributed by atoms with van der Waals surface area (Å²) in [6, 6.07) is 7.71. The number of ether oxygens (including phenoxy) is 2. The Hall–Kier alpha value is -2.50. The van der Waals surface area contributed by atoms with E-state index >= 15 is 0 Å². The minimum absolute atomic E-state index is 0.0412. The van der Waals surface area contributed by atoms with Crippen molar-refractivity contribution in [3.05, 3.63) is 41.2 Å². The van der Waals surface area contributed by atoms with Gasteiger partial charge in [0.05, 0.1) is 11.7 Å². The molecule has 0 N–H and O–H groups in total. The first-order chi connectivity index (χ1) is 11.6. The van der Waals surface area contributed by atoms with E-state index in [0.717, 1.165) is 30.8 Å². The van der Waals surface area contributed by atoms with E-state index in [-0.39, 0.29) is 18.7 Å². The number of rotatable bonds is 2. The van der Waals surface area contributed by atoms with Gasteiger partial charge >= 0.3 is 0 Å². The lowest BCUT2D eigenvalue weighted by molar-refractivity contribution is 0.0671. The van der Waals surface area contributed by atoms with Crippen molar-refractivity contribution in [2.24, 2.45) is 0 Å². The summed E-state index contributed by atoms with van der Waals surface area (Å²) in [5.74, 6) is 1.39. The molecule has 0 radical (unpaired) electrons. The highest BCUT2D eigenvalue weighted by Gasteiger charge is 2.27. The number of hydrogen-bond acceptors (Lipinski definition) is 4. The average molecular weight is 327 g/mol. The summed E-state index contributed by atoms with van der Waals surface area (Å²) < 4.78 is 12.8. The smallest absolute Gasteiger partial charge is 0.254 e. The largest absolute Gasteiger partial charge is 0.454 e. The highest BCUT2D eigenvalue weighted by Crippen LogP contribution is 2.33. The number of nitrogens with zero attached hydrogens (tertiary/aromatic N) is 3. The van der Waals surface area contributed by atoms with Crippen LogP contribution in [0.5, 0.6) is 11.5 Å². The summed E-state index contributed by atoms with van der Waals surface area (Å²) >= 11 is 0. The van der Waals surface area contributed by atoms with E-state index in [1.807, 2.05) is 17.9 Å². The second kappa shape index (κ2) is 5.85. The molecule has 4 rings (SSSR count). The predicted octanol–water partition coefficient (Wildman–Crippen LogP) is 2.71. The maximum Gasteiger partial charge on any atom is 0.254 e. The van der Waals surface area contributed by atoms with E-state index in [1.165, 1.54) is 0 Å². The maximum absolute atomic E-state index is 12.9. The summed E-state index contributed by atoms with van der Waals surface area (Å²) in [6.07, 6.45) is 2.03.